The third-order valence-electron chi connectivity index (χ3n) is 15.2. The molecule has 5 fully saturated rings. The average Bonchev–Trinajstić information content (AvgIpc) is 3.29. The number of ether oxygens (including phenoxy) is 2. The van der Waals surface area contributed by atoms with E-state index in [9.17, 15) is 14.4 Å². The van der Waals surface area contributed by atoms with Crippen LogP contribution in [0.25, 0.3) is 0 Å². The predicted molar refractivity (Wildman–Crippen MR) is 167 cm³/mol. The van der Waals surface area contributed by atoms with Crippen molar-refractivity contribution in [3.63, 3.8) is 0 Å². The van der Waals surface area contributed by atoms with Gasteiger partial charge in [-0.25, -0.2) is 0 Å². The molecular weight excluding hydrogens is 540 g/mol. The van der Waals surface area contributed by atoms with Gasteiger partial charge in [0.15, 0.2) is 0 Å². The number of hydrogen-bond donors (Lipinski definition) is 1. The van der Waals surface area contributed by atoms with Crippen molar-refractivity contribution in [1.29, 1.82) is 0 Å². The highest BCUT2D eigenvalue weighted by Crippen LogP contribution is 2.78. The van der Waals surface area contributed by atoms with Crippen LogP contribution in [0, 0.1) is 62.6 Å². The van der Waals surface area contributed by atoms with Crippen molar-refractivity contribution >= 4 is 17.9 Å². The monoisotopic (exact) mass is 600 g/mol. The average molecular weight is 601 g/mol. The van der Waals surface area contributed by atoms with Crippen molar-refractivity contribution in [3.05, 3.63) is 0 Å². The number of carboxylic acids is 1. The van der Waals surface area contributed by atoms with Crippen LogP contribution in [0.1, 0.15) is 139 Å². The Morgan fingerprint density at radius 3 is 2.19 bits per heavy atom. The third-order valence-corrected chi connectivity index (χ3v) is 15.2. The molecule has 0 amide bonds. The molecule has 6 heteroatoms. The summed E-state index contributed by atoms with van der Waals surface area (Å²) in [5, 5.41) is 8.96. The molecule has 244 valence electrons. The van der Waals surface area contributed by atoms with Gasteiger partial charge in [0.05, 0.1) is 19.4 Å². The van der Waals surface area contributed by atoms with E-state index in [0.29, 0.717) is 42.1 Å². The molecular formula is C37H60O6. The van der Waals surface area contributed by atoms with Crippen LogP contribution in [0.3, 0.4) is 0 Å². The van der Waals surface area contributed by atoms with Crippen LogP contribution in [0.4, 0.5) is 0 Å². The molecule has 43 heavy (non-hydrogen) atoms. The fraction of sp³-hybridized carbons (Fsp3) is 0.919. The highest BCUT2D eigenvalue weighted by molar-refractivity contribution is 5.76. The zero-order valence-electron chi connectivity index (χ0n) is 28.4. The van der Waals surface area contributed by atoms with E-state index in [2.05, 4.69) is 48.5 Å². The van der Waals surface area contributed by atoms with Gasteiger partial charge < -0.3 is 14.6 Å². The Morgan fingerprint density at radius 1 is 0.814 bits per heavy atom. The summed E-state index contributed by atoms with van der Waals surface area (Å²) in [6.07, 6.45) is 12.9. The number of hydrogen-bond acceptors (Lipinski definition) is 5. The van der Waals surface area contributed by atoms with Gasteiger partial charge in [-0.2, -0.15) is 0 Å². The van der Waals surface area contributed by atoms with Gasteiger partial charge >= 0.3 is 17.9 Å². The Morgan fingerprint density at radius 2 is 1.53 bits per heavy atom. The summed E-state index contributed by atoms with van der Waals surface area (Å²) < 4.78 is 11.6. The fourth-order valence-corrected chi connectivity index (χ4v) is 13.0. The van der Waals surface area contributed by atoms with Crippen LogP contribution in [-0.2, 0) is 23.9 Å². The van der Waals surface area contributed by atoms with Gasteiger partial charge in [0.25, 0.3) is 0 Å². The van der Waals surface area contributed by atoms with Crippen LogP contribution in [0.15, 0.2) is 0 Å². The van der Waals surface area contributed by atoms with E-state index in [1.54, 1.807) is 6.92 Å². The Balaban J connectivity index is 1.40. The summed E-state index contributed by atoms with van der Waals surface area (Å²) in [6, 6.07) is 0. The minimum absolute atomic E-state index is 0.0122. The minimum Gasteiger partial charge on any atom is -0.481 e. The van der Waals surface area contributed by atoms with Gasteiger partial charge in [-0.15, -0.1) is 0 Å². The summed E-state index contributed by atoms with van der Waals surface area (Å²) in [5.74, 6) is 2.45. The smallest absolute Gasteiger partial charge is 0.306 e. The molecule has 0 radical (unpaired) electrons. The highest BCUT2D eigenvalue weighted by atomic mass is 16.5. The molecule has 0 aromatic heterocycles. The van der Waals surface area contributed by atoms with Crippen molar-refractivity contribution in [1.82, 2.24) is 0 Å². The quantitative estimate of drug-likeness (QED) is 0.281. The maximum atomic E-state index is 12.3. The van der Waals surface area contributed by atoms with Crippen LogP contribution in [0.2, 0.25) is 0 Å². The molecule has 10 atom stereocenters. The van der Waals surface area contributed by atoms with E-state index in [1.165, 1.54) is 51.4 Å². The largest absolute Gasteiger partial charge is 0.481 e. The first-order chi connectivity index (χ1) is 20.0. The molecule has 0 aromatic carbocycles. The summed E-state index contributed by atoms with van der Waals surface area (Å²) in [4.78, 5) is 35.2. The molecule has 5 aliphatic rings. The van der Waals surface area contributed by atoms with Gasteiger partial charge in [-0.05, 0) is 128 Å². The zero-order valence-corrected chi connectivity index (χ0v) is 28.4. The molecule has 0 spiro atoms. The summed E-state index contributed by atoms with van der Waals surface area (Å²) >= 11 is 0. The van der Waals surface area contributed by atoms with Crippen molar-refractivity contribution in [3.8, 4) is 0 Å². The molecule has 0 aromatic rings. The second kappa shape index (κ2) is 11.3. The van der Waals surface area contributed by atoms with Crippen LogP contribution >= 0.6 is 0 Å². The molecule has 0 heterocycles. The Labute approximate surface area is 260 Å². The number of carbonyl (C=O) groups excluding carboxylic acids is 2. The summed E-state index contributed by atoms with van der Waals surface area (Å²) in [5.41, 5.74) is 1.03. The molecule has 0 saturated heterocycles. The van der Waals surface area contributed by atoms with Gasteiger partial charge in [0, 0.05) is 12.3 Å². The lowest BCUT2D eigenvalue weighted by Crippen LogP contribution is -2.66. The second-order valence-electron chi connectivity index (χ2n) is 17.3. The standard InChI is InChI=1S/C37H60O6/c1-23(2)25-13-18-37(21-22-42-31(41)12-11-30(39)40)20-19-35(7)26(32(25)37)9-10-28-34(6)16-15-29(43-24(3)38)33(4,5)27(34)14-17-36(28,35)8/h23,25-29,32H,9-22H2,1-8H3,(H,39,40)/t25-,26-,27-,28+,29-,32-,34-,35-,36+,37+/m1/s1. The topological polar surface area (TPSA) is 89.9 Å². The highest BCUT2D eigenvalue weighted by Gasteiger charge is 2.71. The van der Waals surface area contributed by atoms with E-state index in [1.807, 2.05) is 0 Å². The summed E-state index contributed by atoms with van der Waals surface area (Å²) in [6.45, 7) is 19.5. The molecule has 0 unspecified atom stereocenters. The second-order valence-corrected chi connectivity index (χ2v) is 17.3. The van der Waals surface area contributed by atoms with E-state index in [0.717, 1.165) is 19.3 Å². The van der Waals surface area contributed by atoms with Gasteiger partial charge in [-0.3, -0.25) is 14.4 Å². The first kappa shape index (κ1) is 32.8. The molecule has 5 saturated carbocycles. The van der Waals surface area contributed by atoms with Gasteiger partial charge in [-0.1, -0.05) is 48.5 Å². The molecule has 5 rings (SSSR count). The van der Waals surface area contributed by atoms with E-state index >= 15 is 0 Å². The van der Waals surface area contributed by atoms with Crippen molar-refractivity contribution in [2.24, 2.45) is 62.6 Å². The lowest BCUT2D eigenvalue weighted by atomic mass is 9.32. The zero-order chi connectivity index (χ0) is 31.6. The lowest BCUT2D eigenvalue weighted by molar-refractivity contribution is -0.252. The van der Waals surface area contributed by atoms with E-state index in [-0.39, 0.29) is 58.0 Å². The van der Waals surface area contributed by atoms with E-state index in [4.69, 9.17) is 14.6 Å². The van der Waals surface area contributed by atoms with Crippen LogP contribution in [0.5, 0.6) is 0 Å². The predicted octanol–water partition coefficient (Wildman–Crippen LogP) is 8.45. The first-order valence-electron chi connectivity index (χ1n) is 17.6. The van der Waals surface area contributed by atoms with Crippen LogP contribution in [-0.4, -0.2) is 35.7 Å². The third kappa shape index (κ3) is 5.17. The van der Waals surface area contributed by atoms with Gasteiger partial charge in [0.2, 0.25) is 0 Å². The Hall–Kier alpha value is -1.59. The molecule has 0 bridgehead atoms. The Bertz CT molecular complexity index is 1100. The molecule has 6 nitrogen and oxygen atoms in total. The number of carbonyl (C=O) groups is 3. The maximum absolute atomic E-state index is 12.3. The van der Waals surface area contributed by atoms with Crippen molar-refractivity contribution in [2.45, 2.75) is 145 Å². The minimum atomic E-state index is -0.953. The van der Waals surface area contributed by atoms with Crippen molar-refractivity contribution < 1.29 is 29.0 Å². The Kier molecular flexibility index (Phi) is 8.64. The molecule has 5 aliphatic carbocycles. The van der Waals surface area contributed by atoms with Gasteiger partial charge in [0.1, 0.15) is 6.10 Å². The summed E-state index contributed by atoms with van der Waals surface area (Å²) in [7, 11) is 0. The number of aliphatic carboxylic acids is 1. The van der Waals surface area contributed by atoms with E-state index < -0.39 is 5.97 Å². The molecule has 0 aliphatic heterocycles. The fourth-order valence-electron chi connectivity index (χ4n) is 13.0. The van der Waals surface area contributed by atoms with Crippen molar-refractivity contribution in [2.75, 3.05) is 6.61 Å². The SMILES string of the molecule is CC(=O)O[C@@H]1CC[C@]2(C)[C@H](CC[C@@]3(C)[C@H]2CC[C@@H]2[C@H]4[C@@H](C(C)C)CC[C@@]4(CCOC(=O)CCC(=O)O)CC[C@]23C)C1(C)C. The van der Waals surface area contributed by atoms with Crippen LogP contribution < -0.4 is 0 Å². The number of carboxylic acid groups (broad SMARTS) is 1. The maximum Gasteiger partial charge on any atom is 0.306 e. The number of rotatable bonds is 8. The lowest BCUT2D eigenvalue weighted by Gasteiger charge is -2.73. The molecule has 1 N–H and O–H groups in total. The normalized spacial score (nSPS) is 44.9. The number of esters is 2. The first-order valence-corrected chi connectivity index (χ1v) is 17.6. The number of fused-ring (bicyclic) bond motifs is 7.